The lowest BCUT2D eigenvalue weighted by molar-refractivity contribution is -0.256. The van der Waals surface area contributed by atoms with E-state index in [1.807, 2.05) is 0 Å². The van der Waals surface area contributed by atoms with Crippen molar-refractivity contribution in [1.82, 2.24) is 9.80 Å². The molecule has 1 heterocycles. The molecule has 1 aliphatic heterocycles. The lowest BCUT2D eigenvalue weighted by Crippen LogP contribution is -2.58. The normalized spacial score (nSPS) is 22.6. The van der Waals surface area contributed by atoms with Crippen LogP contribution >= 0.6 is 0 Å². The molecule has 2 nitrogen and oxygen atoms in total. The summed E-state index contributed by atoms with van der Waals surface area (Å²) in [5, 5.41) is 0. The Morgan fingerprint density at radius 3 is 1.61 bits per heavy atom. The lowest BCUT2D eigenvalue weighted by atomic mass is 10.0. The number of halogens is 5. The second kappa shape index (κ2) is 4.97. The van der Waals surface area contributed by atoms with Gasteiger partial charge in [0.15, 0.2) is 0 Å². The minimum absolute atomic E-state index is 0.129. The summed E-state index contributed by atoms with van der Waals surface area (Å²) in [6.07, 6.45) is -4.44. The van der Waals surface area contributed by atoms with Crippen LogP contribution in [0.2, 0.25) is 0 Å². The Hall–Kier alpha value is -0.950. The number of nitrogens with zero attached hydrogens (tertiary/aromatic N) is 2. The summed E-state index contributed by atoms with van der Waals surface area (Å²) in [5.74, 6) is -3.84. The van der Waals surface area contributed by atoms with E-state index in [4.69, 9.17) is 0 Å². The van der Waals surface area contributed by atoms with Gasteiger partial charge in [-0.15, -0.1) is 0 Å². The van der Waals surface area contributed by atoms with Crippen molar-refractivity contribution >= 4 is 0 Å². The summed E-state index contributed by atoms with van der Waals surface area (Å²) in [5.41, 5.74) is -0.129. The van der Waals surface area contributed by atoms with Crippen LogP contribution in [0.4, 0.5) is 22.0 Å². The quantitative estimate of drug-likeness (QED) is 0.442. The molecule has 0 N–H and O–H groups in total. The Balaban J connectivity index is 2.78. The fourth-order valence-corrected chi connectivity index (χ4v) is 1.94. The highest BCUT2D eigenvalue weighted by atomic mass is 19.4. The molecule has 0 aromatic carbocycles. The topological polar surface area (TPSA) is 6.48 Å². The predicted octanol–water partition coefficient (Wildman–Crippen LogP) is 2.85. The molecule has 1 unspecified atom stereocenters. The second-order valence-electron chi connectivity index (χ2n) is 4.25. The lowest BCUT2D eigenvalue weighted by Gasteiger charge is -2.42. The van der Waals surface area contributed by atoms with Crippen molar-refractivity contribution in [2.45, 2.75) is 19.0 Å². The minimum atomic E-state index is -4.44. The smallest absolute Gasteiger partial charge is 0.260 e. The Morgan fingerprint density at radius 2 is 1.33 bits per heavy atom. The Labute approximate surface area is 102 Å². The molecule has 1 saturated heterocycles. The third kappa shape index (κ3) is 2.72. The van der Waals surface area contributed by atoms with Crippen LogP contribution in [-0.2, 0) is 0 Å². The molecule has 0 amide bonds. The number of piperazine rings is 1. The van der Waals surface area contributed by atoms with Gasteiger partial charge in [-0.2, -0.15) is 13.2 Å². The highest BCUT2D eigenvalue weighted by molar-refractivity contribution is 5.22. The highest BCUT2D eigenvalue weighted by Crippen LogP contribution is 2.35. The first-order chi connectivity index (χ1) is 8.10. The predicted molar refractivity (Wildman–Crippen MR) is 58.1 cm³/mol. The van der Waals surface area contributed by atoms with Crippen LogP contribution in [-0.4, -0.2) is 48.1 Å². The summed E-state index contributed by atoms with van der Waals surface area (Å²) in [6.45, 7) is 6.23. The fourth-order valence-electron chi connectivity index (χ4n) is 1.94. The zero-order valence-corrected chi connectivity index (χ0v) is 10.0. The number of hydrogen-bond acceptors (Lipinski definition) is 2. The first-order valence-electron chi connectivity index (χ1n) is 5.36. The Morgan fingerprint density at radius 1 is 0.944 bits per heavy atom. The molecule has 18 heavy (non-hydrogen) atoms. The van der Waals surface area contributed by atoms with Gasteiger partial charge in [0.1, 0.15) is 5.83 Å². The van der Waals surface area contributed by atoms with E-state index < -0.39 is 31.0 Å². The van der Waals surface area contributed by atoms with Crippen molar-refractivity contribution in [3.63, 3.8) is 0 Å². The largest absolute Gasteiger partial charge is 0.460 e. The van der Waals surface area contributed by atoms with Crippen LogP contribution in [0, 0.1) is 0 Å². The van der Waals surface area contributed by atoms with E-state index in [-0.39, 0.29) is 23.6 Å². The molecule has 0 radical (unpaired) electrons. The molecular weight excluding hydrogens is 255 g/mol. The van der Waals surface area contributed by atoms with Gasteiger partial charge in [-0.3, -0.25) is 4.90 Å². The maximum absolute atomic E-state index is 14.4. The average molecular weight is 270 g/mol. The van der Waals surface area contributed by atoms with E-state index in [1.54, 1.807) is 0 Å². The first kappa shape index (κ1) is 15.1. The monoisotopic (exact) mass is 270 g/mol. The van der Waals surface area contributed by atoms with E-state index >= 15 is 0 Å². The van der Waals surface area contributed by atoms with Crippen molar-refractivity contribution < 1.29 is 22.0 Å². The zero-order valence-electron chi connectivity index (χ0n) is 10.0. The van der Waals surface area contributed by atoms with Gasteiger partial charge in [-0.05, 0) is 12.5 Å². The molecule has 0 saturated carbocycles. The molecule has 1 aliphatic rings. The average Bonchev–Trinajstić information content (AvgIpc) is 2.26. The van der Waals surface area contributed by atoms with Gasteiger partial charge in [0, 0.05) is 26.2 Å². The third-order valence-electron chi connectivity index (χ3n) is 3.00. The molecule has 0 bridgehead atoms. The minimum Gasteiger partial charge on any atom is -0.260 e. The van der Waals surface area contributed by atoms with Crippen LogP contribution < -0.4 is 0 Å². The van der Waals surface area contributed by atoms with Gasteiger partial charge in [0.05, 0.1) is 0 Å². The summed E-state index contributed by atoms with van der Waals surface area (Å²) < 4.78 is 64.8. The SMILES string of the molecule is C=C(C)C(F)(C(=C)F)N1CCN(C(F)(F)F)CC1. The van der Waals surface area contributed by atoms with Crippen molar-refractivity contribution in [2.24, 2.45) is 0 Å². The summed E-state index contributed by atoms with van der Waals surface area (Å²) >= 11 is 0. The van der Waals surface area contributed by atoms with Crippen LogP contribution in [0.15, 0.2) is 24.6 Å². The molecule has 0 aromatic rings. The molecule has 1 atom stereocenters. The van der Waals surface area contributed by atoms with Gasteiger partial charge in [0.25, 0.3) is 0 Å². The van der Waals surface area contributed by atoms with Crippen molar-refractivity contribution in [2.75, 3.05) is 26.2 Å². The van der Waals surface area contributed by atoms with Gasteiger partial charge in [0.2, 0.25) is 5.79 Å². The van der Waals surface area contributed by atoms with E-state index in [0.717, 1.165) is 4.90 Å². The number of hydrogen-bond donors (Lipinski definition) is 0. The molecule has 0 aromatic heterocycles. The van der Waals surface area contributed by atoms with Crippen LogP contribution in [0.25, 0.3) is 0 Å². The third-order valence-corrected chi connectivity index (χ3v) is 3.00. The fraction of sp³-hybridized carbons (Fsp3) is 0.636. The van der Waals surface area contributed by atoms with E-state index in [1.165, 1.54) is 6.92 Å². The highest BCUT2D eigenvalue weighted by Gasteiger charge is 2.46. The van der Waals surface area contributed by atoms with Gasteiger partial charge >= 0.3 is 6.30 Å². The van der Waals surface area contributed by atoms with Crippen molar-refractivity contribution in [3.8, 4) is 0 Å². The van der Waals surface area contributed by atoms with Crippen LogP contribution in [0.5, 0.6) is 0 Å². The van der Waals surface area contributed by atoms with Crippen LogP contribution in [0.1, 0.15) is 6.92 Å². The van der Waals surface area contributed by atoms with Gasteiger partial charge in [-0.1, -0.05) is 13.2 Å². The molecular formula is C11H15F5N2. The van der Waals surface area contributed by atoms with Crippen molar-refractivity contribution in [3.05, 3.63) is 24.6 Å². The standard InChI is InChI=1S/C11H15F5N2/c1-8(2)10(13,9(3)12)17-4-6-18(7-5-17)11(14,15)16/h1,3-7H2,2H3. The molecule has 104 valence electrons. The number of alkyl halides is 4. The number of rotatable bonds is 3. The molecule has 7 heteroatoms. The van der Waals surface area contributed by atoms with E-state index in [2.05, 4.69) is 13.2 Å². The molecule has 1 rings (SSSR count). The van der Waals surface area contributed by atoms with Crippen molar-refractivity contribution in [1.29, 1.82) is 0 Å². The van der Waals surface area contributed by atoms with Gasteiger partial charge in [-0.25, -0.2) is 13.7 Å². The van der Waals surface area contributed by atoms with Crippen LogP contribution in [0.3, 0.4) is 0 Å². The summed E-state index contributed by atoms with van der Waals surface area (Å²) in [7, 11) is 0. The maximum Gasteiger partial charge on any atom is 0.460 e. The Kier molecular flexibility index (Phi) is 4.17. The summed E-state index contributed by atoms with van der Waals surface area (Å²) in [4.78, 5) is 1.25. The zero-order chi connectivity index (χ0) is 14.1. The van der Waals surface area contributed by atoms with E-state index in [9.17, 15) is 22.0 Å². The second-order valence-corrected chi connectivity index (χ2v) is 4.25. The molecule has 0 spiro atoms. The first-order valence-corrected chi connectivity index (χ1v) is 5.36. The van der Waals surface area contributed by atoms with Gasteiger partial charge < -0.3 is 0 Å². The Bertz CT molecular complexity index is 328. The van der Waals surface area contributed by atoms with E-state index in [0.29, 0.717) is 0 Å². The summed E-state index contributed by atoms with van der Waals surface area (Å²) in [6, 6.07) is 0. The maximum atomic E-state index is 14.4. The molecule has 1 fully saturated rings. The molecule has 0 aliphatic carbocycles.